The van der Waals surface area contributed by atoms with Crippen LogP contribution in [0.5, 0.6) is 0 Å². The van der Waals surface area contributed by atoms with Crippen molar-refractivity contribution in [2.45, 2.75) is 65.7 Å². The van der Waals surface area contributed by atoms with Gasteiger partial charge in [-0.05, 0) is 49.0 Å². The minimum atomic E-state index is -0.895. The summed E-state index contributed by atoms with van der Waals surface area (Å²) in [4.78, 5) is 25.5. The summed E-state index contributed by atoms with van der Waals surface area (Å²) in [6.07, 6.45) is 5.74. The third-order valence-electron chi connectivity index (χ3n) is 6.26. The van der Waals surface area contributed by atoms with Crippen molar-refractivity contribution in [3.63, 3.8) is 0 Å². The Hall–Kier alpha value is -1.87. The highest BCUT2D eigenvalue weighted by molar-refractivity contribution is 7.16. The van der Waals surface area contributed by atoms with Gasteiger partial charge in [-0.3, -0.25) is 9.59 Å². The van der Waals surface area contributed by atoms with Crippen LogP contribution in [0.25, 0.3) is 0 Å². The Morgan fingerprint density at radius 3 is 2.44 bits per heavy atom. The number of thiophene rings is 1. The Morgan fingerprint density at radius 1 is 1.19 bits per heavy atom. The van der Waals surface area contributed by atoms with E-state index in [1.165, 1.54) is 16.2 Å². The second-order valence-corrected chi connectivity index (χ2v) is 10.1. The fraction of sp³-hybridized carbons (Fsp3) is 0.667. The first kappa shape index (κ1) is 19.9. The summed E-state index contributed by atoms with van der Waals surface area (Å²) in [6.45, 7) is 6.75. The first-order valence-corrected chi connectivity index (χ1v) is 10.6. The Labute approximate surface area is 164 Å². The van der Waals surface area contributed by atoms with Crippen molar-refractivity contribution in [1.29, 1.82) is 5.26 Å². The minimum Gasteiger partial charge on any atom is -0.481 e. The van der Waals surface area contributed by atoms with Crippen molar-refractivity contribution in [1.82, 2.24) is 0 Å². The number of amides is 1. The summed E-state index contributed by atoms with van der Waals surface area (Å²) in [5.74, 6) is -1.71. The molecule has 2 aliphatic rings. The number of nitrogens with one attached hydrogen (secondary N) is 1. The minimum absolute atomic E-state index is 0.217. The maximum atomic E-state index is 12.8. The lowest BCUT2D eigenvalue weighted by molar-refractivity contribution is -0.147. The van der Waals surface area contributed by atoms with E-state index < -0.39 is 17.8 Å². The van der Waals surface area contributed by atoms with Gasteiger partial charge in [0.05, 0.1) is 17.4 Å². The van der Waals surface area contributed by atoms with Gasteiger partial charge < -0.3 is 10.4 Å². The second-order valence-electron chi connectivity index (χ2n) is 8.95. The van der Waals surface area contributed by atoms with Gasteiger partial charge in [0.1, 0.15) is 11.1 Å². The zero-order chi connectivity index (χ0) is 19.8. The number of fused-ring (bicyclic) bond motifs is 1. The predicted octanol–water partition coefficient (Wildman–Crippen LogP) is 4.60. The van der Waals surface area contributed by atoms with Crippen LogP contribution in [0, 0.1) is 34.5 Å². The van der Waals surface area contributed by atoms with Gasteiger partial charge in [0.25, 0.3) is 0 Å². The molecule has 3 rings (SSSR count). The molecule has 1 heterocycles. The number of aliphatic carboxylic acids is 1. The molecule has 3 atom stereocenters. The van der Waals surface area contributed by atoms with Gasteiger partial charge in [-0.15, -0.1) is 11.3 Å². The summed E-state index contributed by atoms with van der Waals surface area (Å²) >= 11 is 1.51. The highest BCUT2D eigenvalue weighted by Gasteiger charge is 2.37. The molecular weight excluding hydrogens is 360 g/mol. The predicted molar refractivity (Wildman–Crippen MR) is 106 cm³/mol. The van der Waals surface area contributed by atoms with Crippen molar-refractivity contribution in [3.8, 4) is 6.07 Å². The van der Waals surface area contributed by atoms with E-state index in [1.807, 2.05) is 0 Å². The summed E-state index contributed by atoms with van der Waals surface area (Å²) in [5.41, 5.74) is 1.88. The molecule has 2 aliphatic carbocycles. The van der Waals surface area contributed by atoms with Gasteiger partial charge in [-0.1, -0.05) is 33.6 Å². The number of anilines is 1. The van der Waals surface area contributed by atoms with Crippen LogP contribution >= 0.6 is 11.3 Å². The lowest BCUT2D eigenvalue weighted by atomic mass is 9.72. The zero-order valence-electron chi connectivity index (χ0n) is 16.3. The molecule has 27 heavy (non-hydrogen) atoms. The molecular formula is C21H28N2O3S. The average Bonchev–Trinajstić information content (AvgIpc) is 2.96. The van der Waals surface area contributed by atoms with Crippen molar-refractivity contribution in [2.75, 3.05) is 5.32 Å². The summed E-state index contributed by atoms with van der Waals surface area (Å²) in [6, 6.07) is 2.28. The first-order valence-electron chi connectivity index (χ1n) is 9.80. The van der Waals surface area contributed by atoms with Crippen molar-refractivity contribution in [3.05, 3.63) is 16.0 Å². The maximum Gasteiger partial charge on any atom is 0.307 e. The fourth-order valence-corrected chi connectivity index (χ4v) is 5.76. The topological polar surface area (TPSA) is 90.2 Å². The van der Waals surface area contributed by atoms with E-state index in [4.69, 9.17) is 0 Å². The lowest BCUT2D eigenvalue weighted by Gasteiger charge is -2.33. The van der Waals surface area contributed by atoms with Gasteiger partial charge >= 0.3 is 5.97 Å². The van der Waals surface area contributed by atoms with Crippen LogP contribution in [0.4, 0.5) is 5.00 Å². The zero-order valence-corrected chi connectivity index (χ0v) is 17.1. The van der Waals surface area contributed by atoms with E-state index in [0.717, 1.165) is 37.7 Å². The van der Waals surface area contributed by atoms with Crippen LogP contribution in [0.1, 0.15) is 68.9 Å². The molecule has 146 valence electrons. The summed E-state index contributed by atoms with van der Waals surface area (Å²) < 4.78 is 0. The smallest absolute Gasteiger partial charge is 0.307 e. The largest absolute Gasteiger partial charge is 0.481 e. The summed E-state index contributed by atoms with van der Waals surface area (Å²) in [7, 11) is 0. The van der Waals surface area contributed by atoms with Crippen molar-refractivity contribution >= 4 is 28.2 Å². The van der Waals surface area contributed by atoms with Gasteiger partial charge in [0.2, 0.25) is 5.91 Å². The normalized spacial score (nSPS) is 25.3. The molecule has 1 fully saturated rings. The first-order chi connectivity index (χ1) is 12.7. The Kier molecular flexibility index (Phi) is 5.62. The van der Waals surface area contributed by atoms with Crippen molar-refractivity contribution in [2.24, 2.45) is 23.2 Å². The molecule has 0 bridgehead atoms. The highest BCUT2D eigenvalue weighted by atomic mass is 32.1. The van der Waals surface area contributed by atoms with E-state index >= 15 is 0 Å². The van der Waals surface area contributed by atoms with Gasteiger partial charge in [-0.25, -0.2) is 0 Å². The SMILES string of the molecule is CC(C)(C)[C@H]1CCc2c(sc(NC(=O)[C@H]3CCCC[C@@H]3C(=O)O)c2C#N)C1. The van der Waals surface area contributed by atoms with Gasteiger partial charge in [-0.2, -0.15) is 5.26 Å². The number of hydrogen-bond acceptors (Lipinski definition) is 4. The average molecular weight is 389 g/mol. The third kappa shape index (κ3) is 4.03. The number of hydrogen-bond donors (Lipinski definition) is 2. The molecule has 0 aromatic carbocycles. The monoisotopic (exact) mass is 388 g/mol. The molecule has 2 N–H and O–H groups in total. The molecule has 0 spiro atoms. The van der Waals surface area contributed by atoms with Crippen LogP contribution in [-0.2, 0) is 22.4 Å². The van der Waals surface area contributed by atoms with Crippen LogP contribution < -0.4 is 5.32 Å². The number of carboxylic acids is 1. The number of nitrogens with zero attached hydrogens (tertiary/aromatic N) is 1. The molecule has 1 aromatic rings. The van der Waals surface area contributed by atoms with E-state index in [9.17, 15) is 20.0 Å². The van der Waals surface area contributed by atoms with E-state index in [0.29, 0.717) is 29.3 Å². The Balaban J connectivity index is 1.82. The van der Waals surface area contributed by atoms with Crippen LogP contribution in [0.3, 0.4) is 0 Å². The van der Waals surface area contributed by atoms with E-state index in [-0.39, 0.29) is 11.3 Å². The summed E-state index contributed by atoms with van der Waals surface area (Å²) in [5, 5.41) is 22.6. The standard InChI is InChI=1S/C21H28N2O3S/c1-21(2,3)12-8-9-13-16(11-22)19(27-17(13)10-12)23-18(24)14-6-4-5-7-15(14)20(25)26/h12,14-15H,4-10H2,1-3H3,(H,23,24)(H,25,26)/t12-,14-,15-/m0/s1. The number of carboxylic acid groups (broad SMARTS) is 1. The quantitative estimate of drug-likeness (QED) is 0.792. The molecule has 0 radical (unpaired) electrons. The second kappa shape index (κ2) is 7.63. The highest BCUT2D eigenvalue weighted by Crippen LogP contribution is 2.44. The Morgan fingerprint density at radius 2 is 1.85 bits per heavy atom. The van der Waals surface area contributed by atoms with Crippen LogP contribution in [0.15, 0.2) is 0 Å². The van der Waals surface area contributed by atoms with Crippen molar-refractivity contribution < 1.29 is 14.7 Å². The molecule has 1 amide bonds. The number of rotatable bonds is 3. The van der Waals surface area contributed by atoms with E-state index in [1.54, 1.807) is 0 Å². The Bertz CT molecular complexity index is 785. The molecule has 5 nitrogen and oxygen atoms in total. The number of carbonyl (C=O) groups excluding carboxylic acids is 1. The lowest BCUT2D eigenvalue weighted by Crippen LogP contribution is -2.36. The molecule has 6 heteroatoms. The van der Waals surface area contributed by atoms with E-state index in [2.05, 4.69) is 32.2 Å². The number of carbonyl (C=O) groups is 2. The fourth-order valence-electron chi connectivity index (χ4n) is 4.48. The molecule has 0 aliphatic heterocycles. The third-order valence-corrected chi connectivity index (χ3v) is 7.43. The molecule has 0 unspecified atom stereocenters. The molecule has 1 saturated carbocycles. The molecule has 1 aromatic heterocycles. The van der Waals surface area contributed by atoms with Crippen LogP contribution in [0.2, 0.25) is 0 Å². The van der Waals surface area contributed by atoms with Gasteiger partial charge in [0.15, 0.2) is 0 Å². The van der Waals surface area contributed by atoms with Gasteiger partial charge in [0, 0.05) is 4.88 Å². The number of nitriles is 1. The molecule has 0 saturated heterocycles. The maximum absolute atomic E-state index is 12.8. The van der Waals surface area contributed by atoms with Crippen LogP contribution in [-0.4, -0.2) is 17.0 Å².